The summed E-state index contributed by atoms with van der Waals surface area (Å²) in [6.45, 7) is 3.01. The highest BCUT2D eigenvalue weighted by molar-refractivity contribution is 7.91. The summed E-state index contributed by atoms with van der Waals surface area (Å²) in [5.74, 6) is -3.42. The van der Waals surface area contributed by atoms with Gasteiger partial charge in [0.05, 0.1) is 17.2 Å². The zero-order valence-corrected chi connectivity index (χ0v) is 12.3. The quantitative estimate of drug-likeness (QED) is 0.869. The van der Waals surface area contributed by atoms with Crippen LogP contribution in [0.4, 0.5) is 14.5 Å². The van der Waals surface area contributed by atoms with Gasteiger partial charge >= 0.3 is 5.76 Å². The highest BCUT2D eigenvalue weighted by Gasteiger charge is 2.31. The number of aliphatic hydroxyl groups is 1. The van der Waals surface area contributed by atoms with Crippen molar-refractivity contribution >= 4 is 15.5 Å². The number of benzene rings is 1. The maximum Gasteiger partial charge on any atom is 0.341 e. The highest BCUT2D eigenvalue weighted by atomic mass is 32.2. The maximum atomic E-state index is 12.8. The molecule has 0 radical (unpaired) electrons. The number of alkyl halides is 2. The highest BCUT2D eigenvalue weighted by Crippen LogP contribution is 2.29. The molecule has 1 aromatic rings. The van der Waals surface area contributed by atoms with E-state index in [0.29, 0.717) is 38.4 Å². The van der Waals surface area contributed by atoms with Gasteiger partial charge in [-0.15, -0.1) is 0 Å². The van der Waals surface area contributed by atoms with Gasteiger partial charge in [0.25, 0.3) is 0 Å². The van der Waals surface area contributed by atoms with Crippen LogP contribution in [0, 0.1) is 0 Å². The molecular formula is C13H18F2N2O3S. The van der Waals surface area contributed by atoms with E-state index in [1.807, 2.05) is 4.90 Å². The Morgan fingerprint density at radius 3 is 2.33 bits per heavy atom. The smallest absolute Gasteiger partial charge is 0.341 e. The van der Waals surface area contributed by atoms with E-state index >= 15 is 0 Å². The molecule has 2 rings (SSSR count). The second-order valence-corrected chi connectivity index (χ2v) is 6.71. The van der Waals surface area contributed by atoms with E-state index in [1.54, 1.807) is 17.0 Å². The number of para-hydroxylation sites is 1. The molecule has 1 aliphatic rings. The van der Waals surface area contributed by atoms with Gasteiger partial charge in [-0.05, 0) is 12.1 Å². The van der Waals surface area contributed by atoms with E-state index in [4.69, 9.17) is 5.11 Å². The standard InChI is InChI=1S/C13H18F2N2O3S/c14-13(15)21(19,20)12-4-2-1-3-11(12)17-7-5-16(6-8-17)9-10-18/h1-4,13,18H,5-10H2. The lowest BCUT2D eigenvalue weighted by atomic mass is 10.2. The van der Waals surface area contributed by atoms with E-state index in [2.05, 4.69) is 0 Å². The molecule has 21 heavy (non-hydrogen) atoms. The van der Waals surface area contributed by atoms with Crippen LogP contribution in [0.25, 0.3) is 0 Å². The molecule has 1 heterocycles. The molecule has 1 aliphatic heterocycles. The Morgan fingerprint density at radius 1 is 1.14 bits per heavy atom. The van der Waals surface area contributed by atoms with Gasteiger partial charge in [-0.2, -0.15) is 8.78 Å². The van der Waals surface area contributed by atoms with Crippen molar-refractivity contribution in [3.05, 3.63) is 24.3 Å². The minimum Gasteiger partial charge on any atom is -0.395 e. The lowest BCUT2D eigenvalue weighted by Crippen LogP contribution is -2.47. The number of hydrogen-bond acceptors (Lipinski definition) is 5. The van der Waals surface area contributed by atoms with Crippen molar-refractivity contribution in [2.75, 3.05) is 44.2 Å². The van der Waals surface area contributed by atoms with Crippen LogP contribution in [0.2, 0.25) is 0 Å². The number of nitrogens with zero attached hydrogens (tertiary/aromatic N) is 2. The number of aliphatic hydroxyl groups excluding tert-OH is 1. The van der Waals surface area contributed by atoms with Gasteiger partial charge in [0, 0.05) is 32.7 Å². The number of halogens is 2. The lowest BCUT2D eigenvalue weighted by Gasteiger charge is -2.36. The summed E-state index contributed by atoms with van der Waals surface area (Å²) in [5, 5.41) is 8.90. The summed E-state index contributed by atoms with van der Waals surface area (Å²) in [6.07, 6.45) is 0. The average Bonchev–Trinajstić information content (AvgIpc) is 2.48. The lowest BCUT2D eigenvalue weighted by molar-refractivity contribution is 0.188. The van der Waals surface area contributed by atoms with Crippen LogP contribution in [0.15, 0.2) is 29.2 Å². The topological polar surface area (TPSA) is 60.9 Å². The first-order valence-electron chi connectivity index (χ1n) is 6.66. The van der Waals surface area contributed by atoms with Crippen molar-refractivity contribution in [2.45, 2.75) is 10.7 Å². The Bertz CT molecular complexity index is 573. The third kappa shape index (κ3) is 3.50. The molecule has 118 valence electrons. The van der Waals surface area contributed by atoms with Crippen LogP contribution in [-0.2, 0) is 9.84 Å². The fraction of sp³-hybridized carbons (Fsp3) is 0.538. The van der Waals surface area contributed by atoms with Crippen LogP contribution < -0.4 is 4.90 Å². The zero-order chi connectivity index (χ0) is 15.5. The SMILES string of the molecule is O=S(=O)(c1ccccc1N1CCN(CCO)CC1)C(F)F. The third-order valence-corrected chi connectivity index (χ3v) is 4.96. The molecule has 0 bridgehead atoms. The average molecular weight is 320 g/mol. The summed E-state index contributed by atoms with van der Waals surface area (Å²) in [6, 6.07) is 5.86. The molecule has 0 spiro atoms. The Morgan fingerprint density at radius 2 is 1.76 bits per heavy atom. The Balaban J connectivity index is 2.23. The Hall–Kier alpha value is -1.25. The molecule has 0 aliphatic carbocycles. The van der Waals surface area contributed by atoms with Crippen LogP contribution in [-0.4, -0.2) is 63.5 Å². The molecule has 1 N–H and O–H groups in total. The van der Waals surface area contributed by atoms with Gasteiger partial charge in [0.15, 0.2) is 0 Å². The van der Waals surface area contributed by atoms with Gasteiger partial charge in [0.2, 0.25) is 9.84 Å². The molecule has 0 saturated carbocycles. The molecule has 0 aromatic heterocycles. The third-order valence-electron chi connectivity index (χ3n) is 3.54. The van der Waals surface area contributed by atoms with Gasteiger partial charge in [-0.1, -0.05) is 12.1 Å². The number of anilines is 1. The van der Waals surface area contributed by atoms with E-state index < -0.39 is 15.6 Å². The first-order valence-corrected chi connectivity index (χ1v) is 8.20. The number of β-amino-alcohol motifs (C(OH)–C–C–N with tert-alkyl or cyclic N) is 1. The number of rotatable bonds is 5. The molecule has 0 atom stereocenters. The number of hydrogen-bond donors (Lipinski definition) is 1. The summed E-state index contributed by atoms with van der Waals surface area (Å²) in [5.41, 5.74) is 0.321. The van der Waals surface area contributed by atoms with Crippen molar-refractivity contribution in [1.82, 2.24) is 4.90 Å². The minimum absolute atomic E-state index is 0.0658. The van der Waals surface area contributed by atoms with Crippen molar-refractivity contribution in [1.29, 1.82) is 0 Å². The Kier molecular flexibility index (Phi) is 5.13. The second kappa shape index (κ2) is 6.67. The van der Waals surface area contributed by atoms with Crippen molar-refractivity contribution in [2.24, 2.45) is 0 Å². The van der Waals surface area contributed by atoms with Crippen LogP contribution in [0.5, 0.6) is 0 Å². The second-order valence-electron chi connectivity index (χ2n) is 4.83. The zero-order valence-electron chi connectivity index (χ0n) is 11.5. The van der Waals surface area contributed by atoms with E-state index in [1.165, 1.54) is 12.1 Å². The van der Waals surface area contributed by atoms with E-state index in [-0.39, 0.29) is 11.5 Å². The largest absolute Gasteiger partial charge is 0.395 e. The van der Waals surface area contributed by atoms with Gasteiger partial charge in [-0.25, -0.2) is 8.42 Å². The van der Waals surface area contributed by atoms with E-state index in [9.17, 15) is 17.2 Å². The number of sulfone groups is 1. The summed E-state index contributed by atoms with van der Waals surface area (Å²) in [4.78, 5) is 3.51. The van der Waals surface area contributed by atoms with Crippen molar-refractivity contribution < 1.29 is 22.3 Å². The van der Waals surface area contributed by atoms with Crippen LogP contribution >= 0.6 is 0 Å². The fourth-order valence-electron chi connectivity index (χ4n) is 2.41. The molecule has 0 amide bonds. The summed E-state index contributed by atoms with van der Waals surface area (Å²) < 4.78 is 49.0. The van der Waals surface area contributed by atoms with Gasteiger partial charge in [0.1, 0.15) is 0 Å². The predicted molar refractivity (Wildman–Crippen MR) is 75.4 cm³/mol. The first kappa shape index (κ1) is 16.1. The number of piperazine rings is 1. The first-order chi connectivity index (χ1) is 9.96. The summed E-state index contributed by atoms with van der Waals surface area (Å²) >= 11 is 0. The minimum atomic E-state index is -4.61. The maximum absolute atomic E-state index is 12.8. The predicted octanol–water partition coefficient (Wildman–Crippen LogP) is 0.797. The Labute approximate surface area is 122 Å². The molecule has 1 saturated heterocycles. The van der Waals surface area contributed by atoms with Crippen molar-refractivity contribution in [3.8, 4) is 0 Å². The van der Waals surface area contributed by atoms with Crippen LogP contribution in [0.3, 0.4) is 0 Å². The molecule has 8 heteroatoms. The molecule has 5 nitrogen and oxygen atoms in total. The van der Waals surface area contributed by atoms with Crippen LogP contribution in [0.1, 0.15) is 0 Å². The molecule has 0 unspecified atom stereocenters. The molecular weight excluding hydrogens is 302 g/mol. The molecule has 1 fully saturated rings. The normalized spacial score (nSPS) is 17.4. The molecule has 1 aromatic carbocycles. The summed E-state index contributed by atoms with van der Waals surface area (Å²) in [7, 11) is -4.61. The van der Waals surface area contributed by atoms with E-state index in [0.717, 1.165) is 0 Å². The van der Waals surface area contributed by atoms with Crippen molar-refractivity contribution in [3.63, 3.8) is 0 Å². The fourth-order valence-corrected chi connectivity index (χ4v) is 3.36. The van der Waals surface area contributed by atoms with Gasteiger partial charge < -0.3 is 10.0 Å². The monoisotopic (exact) mass is 320 g/mol. The van der Waals surface area contributed by atoms with Gasteiger partial charge in [-0.3, -0.25) is 4.90 Å².